The van der Waals surface area contributed by atoms with Gasteiger partial charge in [0.1, 0.15) is 6.04 Å². The number of carbonyl (C=O) groups excluding carboxylic acids is 1. The molecule has 1 aliphatic rings. The van der Waals surface area contributed by atoms with E-state index < -0.39 is 0 Å². The van der Waals surface area contributed by atoms with Crippen molar-refractivity contribution >= 4 is 5.97 Å². The number of rotatable bonds is 7. The summed E-state index contributed by atoms with van der Waals surface area (Å²) in [5.41, 5.74) is 8.19. The van der Waals surface area contributed by atoms with Crippen molar-refractivity contribution in [2.24, 2.45) is 17.0 Å². The molecule has 108 valence electrons. The summed E-state index contributed by atoms with van der Waals surface area (Å²) < 4.78 is 4.89. The highest BCUT2D eigenvalue weighted by molar-refractivity contribution is 5.76. The van der Waals surface area contributed by atoms with Crippen LogP contribution in [0, 0.1) is 11.8 Å². The van der Waals surface area contributed by atoms with E-state index in [1.807, 2.05) is 0 Å². The maximum atomic E-state index is 11.8. The van der Waals surface area contributed by atoms with Crippen LogP contribution in [0.1, 0.15) is 39.0 Å². The van der Waals surface area contributed by atoms with Crippen molar-refractivity contribution in [3.05, 3.63) is 10.4 Å². The first kappa shape index (κ1) is 15.8. The molecule has 1 N–H and O–H groups in total. The first-order valence-electron chi connectivity index (χ1n) is 7.01. The predicted molar refractivity (Wildman–Crippen MR) is 73.6 cm³/mol. The first-order chi connectivity index (χ1) is 9.19. The molecule has 0 aromatic rings. The summed E-state index contributed by atoms with van der Waals surface area (Å²) in [6.07, 6.45) is 5.24. The van der Waals surface area contributed by atoms with Crippen molar-refractivity contribution in [3.8, 4) is 0 Å². The van der Waals surface area contributed by atoms with Crippen LogP contribution in [0.5, 0.6) is 0 Å². The third kappa shape index (κ3) is 5.49. The molecule has 0 bridgehead atoms. The average Bonchev–Trinajstić information content (AvgIpc) is 2.43. The van der Waals surface area contributed by atoms with E-state index in [0.717, 1.165) is 25.2 Å². The molecule has 19 heavy (non-hydrogen) atoms. The van der Waals surface area contributed by atoms with E-state index in [-0.39, 0.29) is 12.0 Å². The van der Waals surface area contributed by atoms with Gasteiger partial charge in [-0.25, -0.2) is 0 Å². The second kappa shape index (κ2) is 8.77. The van der Waals surface area contributed by atoms with Gasteiger partial charge in [-0.2, -0.15) is 0 Å². The van der Waals surface area contributed by atoms with Crippen molar-refractivity contribution in [2.75, 3.05) is 20.2 Å². The minimum Gasteiger partial charge on any atom is -0.468 e. The molecule has 0 spiro atoms. The largest absolute Gasteiger partial charge is 0.468 e. The molecule has 0 amide bonds. The number of esters is 1. The molecule has 6 nitrogen and oxygen atoms in total. The van der Waals surface area contributed by atoms with E-state index in [9.17, 15) is 4.79 Å². The number of nitrogens with zero attached hydrogens (tertiary/aromatic N) is 3. The lowest BCUT2D eigenvalue weighted by molar-refractivity contribution is -0.145. The molecule has 0 aliphatic heterocycles. The van der Waals surface area contributed by atoms with Gasteiger partial charge in [0.2, 0.25) is 0 Å². The summed E-state index contributed by atoms with van der Waals surface area (Å²) in [4.78, 5) is 14.6. The van der Waals surface area contributed by atoms with Gasteiger partial charge in [0.05, 0.1) is 7.11 Å². The summed E-state index contributed by atoms with van der Waals surface area (Å²) in [6, 6.07) is -0.219. The number of hydrogen-bond donors (Lipinski definition) is 1. The Morgan fingerprint density at radius 1 is 1.47 bits per heavy atom. The van der Waals surface area contributed by atoms with Crippen LogP contribution >= 0.6 is 0 Å². The van der Waals surface area contributed by atoms with E-state index in [2.05, 4.69) is 22.3 Å². The van der Waals surface area contributed by atoms with Gasteiger partial charge in [-0.3, -0.25) is 4.79 Å². The molecule has 1 unspecified atom stereocenters. The standard InChI is InChI=1S/C13H24N4O2/c1-10-4-6-11(7-5-10)12(13(18)19-2)15-8-3-9-16-17-14/h10-12,15H,3-9H2,1-2H3. The van der Waals surface area contributed by atoms with Crippen LogP contribution in [0.15, 0.2) is 5.11 Å². The monoisotopic (exact) mass is 268 g/mol. The fourth-order valence-corrected chi connectivity index (χ4v) is 2.64. The number of azide groups is 1. The number of nitrogens with one attached hydrogen (secondary N) is 1. The van der Waals surface area contributed by atoms with Crippen molar-refractivity contribution < 1.29 is 9.53 Å². The average molecular weight is 268 g/mol. The van der Waals surface area contributed by atoms with Gasteiger partial charge in [-0.15, -0.1) is 0 Å². The molecule has 1 saturated carbocycles. The van der Waals surface area contributed by atoms with Crippen LogP contribution in [0.4, 0.5) is 0 Å². The molecule has 6 heteroatoms. The van der Waals surface area contributed by atoms with Gasteiger partial charge >= 0.3 is 5.97 Å². The molecule has 0 aromatic heterocycles. The van der Waals surface area contributed by atoms with Crippen molar-refractivity contribution in [3.63, 3.8) is 0 Å². The third-order valence-corrected chi connectivity index (χ3v) is 3.85. The van der Waals surface area contributed by atoms with Crippen LogP contribution < -0.4 is 5.32 Å². The zero-order valence-corrected chi connectivity index (χ0v) is 11.8. The number of ether oxygens (including phenoxy) is 1. The first-order valence-corrected chi connectivity index (χ1v) is 7.01. The molecule has 1 fully saturated rings. The summed E-state index contributed by atoms with van der Waals surface area (Å²) >= 11 is 0. The molecule has 1 aliphatic carbocycles. The second-order valence-electron chi connectivity index (χ2n) is 5.28. The lowest BCUT2D eigenvalue weighted by atomic mass is 9.79. The number of carbonyl (C=O) groups is 1. The molecule has 0 aromatic carbocycles. The Labute approximate surface area is 114 Å². The van der Waals surface area contributed by atoms with Gasteiger partial charge in [0.15, 0.2) is 0 Å². The molecule has 0 saturated heterocycles. The summed E-state index contributed by atoms with van der Waals surface area (Å²) in [7, 11) is 1.43. The van der Waals surface area contributed by atoms with Crippen molar-refractivity contribution in [1.82, 2.24) is 5.32 Å². The fraction of sp³-hybridized carbons (Fsp3) is 0.923. The quantitative estimate of drug-likeness (QED) is 0.253. The highest BCUT2D eigenvalue weighted by atomic mass is 16.5. The third-order valence-electron chi connectivity index (χ3n) is 3.85. The zero-order chi connectivity index (χ0) is 14.1. The Morgan fingerprint density at radius 2 is 2.16 bits per heavy atom. The maximum Gasteiger partial charge on any atom is 0.323 e. The lowest BCUT2D eigenvalue weighted by Crippen LogP contribution is -2.45. The van der Waals surface area contributed by atoms with Gasteiger partial charge in [-0.1, -0.05) is 24.9 Å². The van der Waals surface area contributed by atoms with Gasteiger partial charge in [0, 0.05) is 11.5 Å². The highest BCUT2D eigenvalue weighted by Gasteiger charge is 2.31. The van der Waals surface area contributed by atoms with Crippen molar-refractivity contribution in [1.29, 1.82) is 0 Å². The minimum absolute atomic E-state index is 0.177. The molecule has 1 atom stereocenters. The van der Waals surface area contributed by atoms with Gasteiger partial charge in [0.25, 0.3) is 0 Å². The maximum absolute atomic E-state index is 11.8. The van der Waals surface area contributed by atoms with E-state index in [1.165, 1.54) is 20.0 Å². The summed E-state index contributed by atoms with van der Waals surface area (Å²) in [5, 5.41) is 6.74. The molecular formula is C13H24N4O2. The molecular weight excluding hydrogens is 244 g/mol. The molecule has 0 radical (unpaired) electrons. The number of methoxy groups -OCH3 is 1. The van der Waals surface area contributed by atoms with Gasteiger partial charge < -0.3 is 10.1 Å². The van der Waals surface area contributed by atoms with E-state index in [4.69, 9.17) is 10.3 Å². The number of hydrogen-bond acceptors (Lipinski definition) is 4. The lowest BCUT2D eigenvalue weighted by Gasteiger charge is -2.31. The van der Waals surface area contributed by atoms with E-state index in [0.29, 0.717) is 19.0 Å². The normalized spacial score (nSPS) is 24.3. The van der Waals surface area contributed by atoms with Crippen LogP contribution in [0.3, 0.4) is 0 Å². The Kier molecular flexibility index (Phi) is 7.30. The summed E-state index contributed by atoms with van der Waals surface area (Å²) in [6.45, 7) is 3.39. The smallest absolute Gasteiger partial charge is 0.323 e. The Balaban J connectivity index is 2.42. The van der Waals surface area contributed by atoms with Crippen molar-refractivity contribution in [2.45, 2.75) is 45.1 Å². The van der Waals surface area contributed by atoms with Crippen LogP contribution in [0.2, 0.25) is 0 Å². The SMILES string of the molecule is COC(=O)C(NCCCN=[N+]=[N-])C1CCC(C)CC1. The topological polar surface area (TPSA) is 87.1 Å². The molecule has 0 heterocycles. The van der Waals surface area contributed by atoms with Crippen LogP contribution in [-0.4, -0.2) is 32.2 Å². The predicted octanol–water partition coefficient (Wildman–Crippen LogP) is 2.64. The van der Waals surface area contributed by atoms with E-state index >= 15 is 0 Å². The Hall–Kier alpha value is -1.26. The highest BCUT2D eigenvalue weighted by Crippen LogP contribution is 2.30. The second-order valence-corrected chi connectivity index (χ2v) is 5.28. The Morgan fingerprint density at radius 3 is 2.74 bits per heavy atom. The Bertz CT molecular complexity index is 321. The zero-order valence-electron chi connectivity index (χ0n) is 11.8. The van der Waals surface area contributed by atoms with Crippen LogP contribution in [0.25, 0.3) is 10.4 Å². The van der Waals surface area contributed by atoms with Crippen LogP contribution in [-0.2, 0) is 9.53 Å². The summed E-state index contributed by atoms with van der Waals surface area (Å²) in [5.74, 6) is 0.950. The molecule has 1 rings (SSSR count). The minimum atomic E-state index is -0.219. The van der Waals surface area contributed by atoms with Gasteiger partial charge in [-0.05, 0) is 43.2 Å². The van der Waals surface area contributed by atoms with E-state index in [1.54, 1.807) is 0 Å². The fourth-order valence-electron chi connectivity index (χ4n) is 2.64.